The van der Waals surface area contributed by atoms with Gasteiger partial charge in [0.15, 0.2) is 0 Å². The molecule has 1 atom stereocenters. The maximum atomic E-state index is 12.8. The van der Waals surface area contributed by atoms with Crippen LogP contribution in [0, 0.1) is 6.92 Å². The number of nitrogens with one attached hydrogen (secondary N) is 1. The monoisotopic (exact) mass is 297 g/mol. The van der Waals surface area contributed by atoms with E-state index < -0.39 is 0 Å². The van der Waals surface area contributed by atoms with E-state index in [0.29, 0.717) is 5.69 Å². The molecule has 1 N–H and O–H groups in total. The lowest BCUT2D eigenvalue weighted by atomic mass is 10.0. The summed E-state index contributed by atoms with van der Waals surface area (Å²) in [6, 6.07) is 10.6. The molecular formula is C18H23N3O. The Morgan fingerprint density at radius 3 is 2.86 bits per heavy atom. The fourth-order valence-corrected chi connectivity index (χ4v) is 3.16. The summed E-state index contributed by atoms with van der Waals surface area (Å²) >= 11 is 0. The van der Waals surface area contributed by atoms with Crippen molar-refractivity contribution in [3.63, 3.8) is 0 Å². The molecule has 1 amide bonds. The number of hydrogen-bond acceptors (Lipinski definition) is 2. The first kappa shape index (κ1) is 14.8. The molecule has 1 fully saturated rings. The van der Waals surface area contributed by atoms with Crippen LogP contribution in [0.25, 0.3) is 0 Å². The Morgan fingerprint density at radius 2 is 2.14 bits per heavy atom. The van der Waals surface area contributed by atoms with E-state index in [1.54, 1.807) is 0 Å². The van der Waals surface area contributed by atoms with Gasteiger partial charge in [0.25, 0.3) is 5.91 Å². The highest BCUT2D eigenvalue weighted by Gasteiger charge is 2.31. The van der Waals surface area contributed by atoms with Crippen LogP contribution >= 0.6 is 0 Å². The summed E-state index contributed by atoms with van der Waals surface area (Å²) in [5.74, 6) is 0.0432. The minimum atomic E-state index is 0.0432. The third-order valence-electron chi connectivity index (χ3n) is 4.35. The first-order valence-corrected chi connectivity index (χ1v) is 8.11. The molecule has 2 aromatic rings. The molecule has 4 nitrogen and oxygen atoms in total. The Morgan fingerprint density at radius 1 is 1.36 bits per heavy atom. The van der Waals surface area contributed by atoms with Crippen LogP contribution in [0.2, 0.25) is 0 Å². The molecule has 4 heteroatoms. The molecule has 1 aromatic heterocycles. The van der Waals surface area contributed by atoms with Crippen molar-refractivity contribution in [2.75, 3.05) is 6.54 Å². The van der Waals surface area contributed by atoms with Crippen LogP contribution in [0.1, 0.15) is 59.5 Å². The van der Waals surface area contributed by atoms with Crippen LogP contribution in [0.3, 0.4) is 0 Å². The Bertz CT molecular complexity index is 645. The molecule has 2 heterocycles. The maximum Gasteiger partial charge on any atom is 0.274 e. The third-order valence-corrected chi connectivity index (χ3v) is 4.35. The normalized spacial score (nSPS) is 17.9. The number of aromatic nitrogens is 2. The Labute approximate surface area is 131 Å². The fourth-order valence-electron chi connectivity index (χ4n) is 3.16. The van der Waals surface area contributed by atoms with E-state index in [1.165, 1.54) is 11.1 Å². The molecule has 0 bridgehead atoms. The highest BCUT2D eigenvalue weighted by Crippen LogP contribution is 2.33. The molecule has 1 aromatic carbocycles. The molecule has 0 saturated carbocycles. The second kappa shape index (κ2) is 6.34. The number of aromatic amines is 1. The van der Waals surface area contributed by atoms with Gasteiger partial charge in [-0.05, 0) is 37.8 Å². The van der Waals surface area contributed by atoms with Crippen molar-refractivity contribution < 1.29 is 4.79 Å². The van der Waals surface area contributed by atoms with E-state index in [2.05, 4.69) is 48.3 Å². The SMILES string of the molecule is CCCc1cc(C(=O)N2CCCC2c2ccc(C)cc2)n[nH]1. The minimum absolute atomic E-state index is 0.0432. The van der Waals surface area contributed by atoms with E-state index in [0.717, 1.165) is 37.9 Å². The number of benzene rings is 1. The van der Waals surface area contributed by atoms with Gasteiger partial charge in [0, 0.05) is 12.2 Å². The summed E-state index contributed by atoms with van der Waals surface area (Å²) in [5, 5.41) is 7.18. The van der Waals surface area contributed by atoms with Gasteiger partial charge in [-0.1, -0.05) is 43.2 Å². The number of nitrogens with zero attached hydrogens (tertiary/aromatic N) is 2. The van der Waals surface area contributed by atoms with E-state index in [1.807, 2.05) is 11.0 Å². The van der Waals surface area contributed by atoms with E-state index in [4.69, 9.17) is 0 Å². The van der Waals surface area contributed by atoms with Gasteiger partial charge < -0.3 is 4.90 Å². The van der Waals surface area contributed by atoms with Crippen LogP contribution < -0.4 is 0 Å². The number of amides is 1. The van der Waals surface area contributed by atoms with Crippen molar-refractivity contribution in [3.05, 3.63) is 52.8 Å². The molecule has 1 aliphatic heterocycles. The molecule has 3 rings (SSSR count). The van der Waals surface area contributed by atoms with Crippen molar-refractivity contribution in [2.45, 2.75) is 45.6 Å². The number of rotatable bonds is 4. The first-order chi connectivity index (χ1) is 10.7. The van der Waals surface area contributed by atoms with E-state index >= 15 is 0 Å². The zero-order chi connectivity index (χ0) is 15.5. The lowest BCUT2D eigenvalue weighted by Crippen LogP contribution is -2.30. The smallest absolute Gasteiger partial charge is 0.274 e. The topological polar surface area (TPSA) is 49.0 Å². The summed E-state index contributed by atoms with van der Waals surface area (Å²) in [6.45, 7) is 5.02. The second-order valence-electron chi connectivity index (χ2n) is 6.10. The molecular weight excluding hydrogens is 274 g/mol. The van der Waals surface area contributed by atoms with Crippen LogP contribution in [-0.2, 0) is 6.42 Å². The molecule has 0 radical (unpaired) electrons. The molecule has 1 saturated heterocycles. The van der Waals surface area contributed by atoms with Gasteiger partial charge in [-0.15, -0.1) is 0 Å². The zero-order valence-electron chi connectivity index (χ0n) is 13.3. The number of hydrogen-bond donors (Lipinski definition) is 1. The number of carbonyl (C=O) groups is 1. The average molecular weight is 297 g/mol. The summed E-state index contributed by atoms with van der Waals surface area (Å²) in [6.07, 6.45) is 4.06. The molecule has 1 aliphatic rings. The number of aryl methyl sites for hydroxylation is 2. The highest BCUT2D eigenvalue weighted by atomic mass is 16.2. The Hall–Kier alpha value is -2.10. The summed E-state index contributed by atoms with van der Waals surface area (Å²) < 4.78 is 0. The van der Waals surface area contributed by atoms with Gasteiger partial charge in [0.2, 0.25) is 0 Å². The van der Waals surface area contributed by atoms with E-state index in [-0.39, 0.29) is 11.9 Å². The molecule has 1 unspecified atom stereocenters. The first-order valence-electron chi connectivity index (χ1n) is 8.11. The highest BCUT2D eigenvalue weighted by molar-refractivity contribution is 5.92. The predicted molar refractivity (Wildman–Crippen MR) is 86.8 cm³/mol. The van der Waals surface area contributed by atoms with Gasteiger partial charge in [0.1, 0.15) is 5.69 Å². The molecule has 0 aliphatic carbocycles. The molecule has 116 valence electrons. The summed E-state index contributed by atoms with van der Waals surface area (Å²) in [4.78, 5) is 14.7. The summed E-state index contributed by atoms with van der Waals surface area (Å²) in [5.41, 5.74) is 4.05. The van der Waals surface area contributed by atoms with Crippen LogP contribution in [-0.4, -0.2) is 27.5 Å². The Balaban J connectivity index is 1.79. The lowest BCUT2D eigenvalue weighted by molar-refractivity contribution is 0.0729. The zero-order valence-corrected chi connectivity index (χ0v) is 13.3. The number of likely N-dealkylation sites (tertiary alicyclic amines) is 1. The van der Waals surface area contributed by atoms with Gasteiger partial charge in [0.05, 0.1) is 6.04 Å². The largest absolute Gasteiger partial charge is 0.330 e. The number of carbonyl (C=O) groups excluding carboxylic acids is 1. The van der Waals surface area contributed by atoms with Crippen molar-refractivity contribution in [1.82, 2.24) is 15.1 Å². The van der Waals surface area contributed by atoms with Gasteiger partial charge in [-0.25, -0.2) is 0 Å². The van der Waals surface area contributed by atoms with Crippen LogP contribution in [0.4, 0.5) is 0 Å². The third kappa shape index (κ3) is 2.91. The van der Waals surface area contributed by atoms with Gasteiger partial charge in [-0.3, -0.25) is 9.89 Å². The quantitative estimate of drug-likeness (QED) is 0.936. The maximum absolute atomic E-state index is 12.8. The van der Waals surface area contributed by atoms with Gasteiger partial charge >= 0.3 is 0 Å². The van der Waals surface area contributed by atoms with E-state index in [9.17, 15) is 4.79 Å². The van der Waals surface area contributed by atoms with Crippen LogP contribution in [0.5, 0.6) is 0 Å². The fraction of sp³-hybridized carbons (Fsp3) is 0.444. The minimum Gasteiger partial charge on any atom is -0.330 e. The van der Waals surface area contributed by atoms with Crippen molar-refractivity contribution in [1.29, 1.82) is 0 Å². The standard InChI is InChI=1S/C18H23N3O/c1-3-5-15-12-16(20-19-15)18(22)21-11-4-6-17(21)14-9-7-13(2)8-10-14/h7-10,12,17H,3-6,11H2,1-2H3,(H,19,20). The second-order valence-corrected chi connectivity index (χ2v) is 6.10. The Kier molecular flexibility index (Phi) is 4.27. The lowest BCUT2D eigenvalue weighted by Gasteiger charge is -2.24. The van der Waals surface area contributed by atoms with Crippen molar-refractivity contribution >= 4 is 5.91 Å². The van der Waals surface area contributed by atoms with Crippen molar-refractivity contribution in [3.8, 4) is 0 Å². The van der Waals surface area contributed by atoms with Gasteiger partial charge in [-0.2, -0.15) is 5.10 Å². The number of H-pyrrole nitrogens is 1. The summed E-state index contributed by atoms with van der Waals surface area (Å²) in [7, 11) is 0. The van der Waals surface area contributed by atoms with Crippen molar-refractivity contribution in [2.24, 2.45) is 0 Å². The average Bonchev–Trinajstić information content (AvgIpc) is 3.17. The molecule has 0 spiro atoms. The predicted octanol–water partition coefficient (Wildman–Crippen LogP) is 3.65. The van der Waals surface area contributed by atoms with Crippen LogP contribution in [0.15, 0.2) is 30.3 Å². The molecule has 22 heavy (non-hydrogen) atoms.